The molecule has 0 saturated heterocycles. The molecule has 1 aliphatic rings. The number of rotatable bonds is 12. The Kier molecular flexibility index (Phi) is 9.44. The van der Waals surface area contributed by atoms with Crippen LogP contribution in [0.2, 0.25) is 5.02 Å². The predicted molar refractivity (Wildman–Crippen MR) is 124 cm³/mol. The fraction of sp³-hybridized carbons (Fsp3) is 0.560. The van der Waals surface area contributed by atoms with E-state index in [1.54, 1.807) is 14.2 Å². The van der Waals surface area contributed by atoms with E-state index < -0.39 is 0 Å². The van der Waals surface area contributed by atoms with Gasteiger partial charge in [0.1, 0.15) is 17.8 Å². The lowest BCUT2D eigenvalue weighted by molar-refractivity contribution is -0.109. The van der Waals surface area contributed by atoms with Crippen LogP contribution in [0.25, 0.3) is 0 Å². The maximum atomic E-state index is 11.4. The van der Waals surface area contributed by atoms with E-state index >= 15 is 0 Å². The van der Waals surface area contributed by atoms with Crippen molar-refractivity contribution in [3.05, 3.63) is 58.5 Å². The number of ether oxygens (including phenoxy) is 2. The average Bonchev–Trinajstić information content (AvgIpc) is 2.73. The zero-order valence-corrected chi connectivity index (χ0v) is 19.7. The number of halogens is 1. The Morgan fingerprint density at radius 3 is 2.43 bits per heavy atom. The Bertz CT molecular complexity index is 741. The molecule has 1 aromatic rings. The summed E-state index contributed by atoms with van der Waals surface area (Å²) in [5.41, 5.74) is 1.10. The second-order valence-electron chi connectivity index (χ2n) is 8.47. The lowest BCUT2D eigenvalue weighted by Gasteiger charge is -2.46. The van der Waals surface area contributed by atoms with E-state index in [1.165, 1.54) is 5.56 Å². The van der Waals surface area contributed by atoms with Crippen LogP contribution in [-0.2, 0) is 20.7 Å². The maximum Gasteiger partial charge on any atom is 0.120 e. The van der Waals surface area contributed by atoms with E-state index in [0.29, 0.717) is 12.3 Å². The van der Waals surface area contributed by atoms with Crippen LogP contribution in [0.5, 0.6) is 0 Å². The Labute approximate surface area is 186 Å². The van der Waals surface area contributed by atoms with E-state index in [2.05, 4.69) is 44.0 Å². The molecule has 0 aliphatic heterocycles. The molecule has 5 heteroatoms. The summed E-state index contributed by atoms with van der Waals surface area (Å²) in [6.45, 7) is 6.43. The number of methoxy groups -OCH3 is 2. The number of hydrogen-bond donors (Lipinski definition) is 0. The van der Waals surface area contributed by atoms with Crippen molar-refractivity contribution in [3.63, 3.8) is 0 Å². The lowest BCUT2D eigenvalue weighted by atomic mass is 9.61. The summed E-state index contributed by atoms with van der Waals surface area (Å²) in [4.78, 5) is 13.8. The first-order valence-electron chi connectivity index (χ1n) is 10.8. The smallest absolute Gasteiger partial charge is 0.120 e. The number of aldehydes is 1. The molecule has 0 fully saturated rings. The van der Waals surface area contributed by atoms with Gasteiger partial charge in [0.2, 0.25) is 0 Å². The highest BCUT2D eigenvalue weighted by Gasteiger charge is 2.46. The van der Waals surface area contributed by atoms with Crippen LogP contribution >= 0.6 is 11.6 Å². The lowest BCUT2D eigenvalue weighted by Crippen LogP contribution is -2.40. The minimum atomic E-state index is -0.200. The Morgan fingerprint density at radius 2 is 1.87 bits per heavy atom. The number of likely N-dealkylation sites (N-methyl/N-ethyl adjacent to an activating group) is 1. The van der Waals surface area contributed by atoms with Gasteiger partial charge in [-0.15, -0.1) is 0 Å². The van der Waals surface area contributed by atoms with Gasteiger partial charge in [0.15, 0.2) is 0 Å². The first-order chi connectivity index (χ1) is 14.4. The third kappa shape index (κ3) is 5.89. The van der Waals surface area contributed by atoms with Gasteiger partial charge < -0.3 is 19.2 Å². The summed E-state index contributed by atoms with van der Waals surface area (Å²) < 4.78 is 11.3. The molecule has 2 atom stereocenters. The molecule has 0 saturated carbocycles. The SMILES string of the molecule is COC1=CC(CC=O)C(CCCN(C)CCc2ccc(Cl)cc2)(C(C)C)C(OC)=C1. The Balaban J connectivity index is 2.04. The normalized spacial score (nSPS) is 21.4. The molecule has 1 aromatic carbocycles. The van der Waals surface area contributed by atoms with Gasteiger partial charge in [-0.2, -0.15) is 0 Å². The molecule has 0 N–H and O–H groups in total. The van der Waals surface area contributed by atoms with E-state index in [4.69, 9.17) is 21.1 Å². The first-order valence-corrected chi connectivity index (χ1v) is 11.1. The molecule has 1 aliphatic carbocycles. The molecule has 4 nitrogen and oxygen atoms in total. The minimum absolute atomic E-state index is 0.0734. The molecule has 30 heavy (non-hydrogen) atoms. The van der Waals surface area contributed by atoms with Crippen LogP contribution in [0.3, 0.4) is 0 Å². The summed E-state index contributed by atoms with van der Waals surface area (Å²) in [5.74, 6) is 2.11. The molecule has 0 amide bonds. The van der Waals surface area contributed by atoms with Gasteiger partial charge in [0.25, 0.3) is 0 Å². The molecule has 0 aromatic heterocycles. The second-order valence-corrected chi connectivity index (χ2v) is 8.91. The largest absolute Gasteiger partial charge is 0.500 e. The number of nitrogens with zero attached hydrogens (tertiary/aromatic N) is 1. The molecule has 2 unspecified atom stereocenters. The summed E-state index contributed by atoms with van der Waals surface area (Å²) in [5, 5.41) is 0.774. The average molecular weight is 434 g/mol. The third-order valence-electron chi connectivity index (χ3n) is 6.42. The van der Waals surface area contributed by atoms with Crippen molar-refractivity contribution in [3.8, 4) is 0 Å². The number of carbonyl (C=O) groups is 1. The Hall–Kier alpha value is -1.78. The van der Waals surface area contributed by atoms with Gasteiger partial charge in [-0.3, -0.25) is 0 Å². The van der Waals surface area contributed by atoms with E-state index in [9.17, 15) is 4.79 Å². The predicted octanol–water partition coefficient (Wildman–Crippen LogP) is 5.52. The summed E-state index contributed by atoms with van der Waals surface area (Å²) in [6, 6.07) is 8.07. The van der Waals surface area contributed by atoms with Gasteiger partial charge >= 0.3 is 0 Å². The van der Waals surface area contributed by atoms with Gasteiger partial charge in [0.05, 0.1) is 14.2 Å². The topological polar surface area (TPSA) is 38.8 Å². The third-order valence-corrected chi connectivity index (χ3v) is 6.67. The van der Waals surface area contributed by atoms with Gasteiger partial charge in [-0.25, -0.2) is 0 Å². The van der Waals surface area contributed by atoms with Crippen LogP contribution < -0.4 is 0 Å². The summed E-state index contributed by atoms with van der Waals surface area (Å²) in [6.07, 6.45) is 8.57. The van der Waals surface area contributed by atoms with Crippen LogP contribution in [0.15, 0.2) is 47.9 Å². The highest BCUT2D eigenvalue weighted by molar-refractivity contribution is 6.30. The second kappa shape index (κ2) is 11.6. The number of benzene rings is 1. The maximum absolute atomic E-state index is 11.4. The van der Waals surface area contributed by atoms with E-state index in [0.717, 1.165) is 55.2 Å². The molecule has 0 spiro atoms. The monoisotopic (exact) mass is 433 g/mol. The van der Waals surface area contributed by atoms with Crippen molar-refractivity contribution in [1.82, 2.24) is 4.90 Å². The van der Waals surface area contributed by atoms with E-state index in [-0.39, 0.29) is 11.3 Å². The zero-order valence-electron chi connectivity index (χ0n) is 19.0. The number of allylic oxidation sites excluding steroid dienone is 3. The van der Waals surface area contributed by atoms with Crippen molar-refractivity contribution in [2.24, 2.45) is 17.3 Å². The van der Waals surface area contributed by atoms with Crippen molar-refractivity contribution in [2.45, 2.75) is 39.5 Å². The molecule has 0 bridgehead atoms. The summed E-state index contributed by atoms with van der Waals surface area (Å²) >= 11 is 5.97. The van der Waals surface area contributed by atoms with Crippen molar-refractivity contribution in [2.75, 3.05) is 34.4 Å². The molecule has 2 rings (SSSR count). The number of hydrogen-bond acceptors (Lipinski definition) is 4. The zero-order chi connectivity index (χ0) is 22.1. The quantitative estimate of drug-likeness (QED) is 0.407. The molecular weight excluding hydrogens is 398 g/mol. The molecule has 0 heterocycles. The van der Waals surface area contributed by atoms with Crippen LogP contribution in [-0.4, -0.2) is 45.5 Å². The van der Waals surface area contributed by atoms with Crippen molar-refractivity contribution >= 4 is 17.9 Å². The van der Waals surface area contributed by atoms with Crippen LogP contribution in [0.1, 0.15) is 38.7 Å². The van der Waals surface area contributed by atoms with Crippen molar-refractivity contribution < 1.29 is 14.3 Å². The molecule has 166 valence electrons. The first kappa shape index (κ1) is 24.5. The Morgan fingerprint density at radius 1 is 1.17 bits per heavy atom. The van der Waals surface area contributed by atoms with Gasteiger partial charge in [0, 0.05) is 35.4 Å². The standard InChI is InChI=1S/C25H36ClNO3/c1-19(2)25(21(12-16-28)17-23(29-4)18-24(25)30-5)13-6-14-27(3)15-11-20-7-9-22(26)10-8-20/h7-10,16-19,21H,6,11-15H2,1-5H3. The van der Waals surface area contributed by atoms with Crippen molar-refractivity contribution in [1.29, 1.82) is 0 Å². The van der Waals surface area contributed by atoms with Crippen LogP contribution in [0, 0.1) is 17.3 Å². The van der Waals surface area contributed by atoms with Crippen LogP contribution in [0.4, 0.5) is 0 Å². The number of carbonyl (C=O) groups excluding carboxylic acids is 1. The highest BCUT2D eigenvalue weighted by atomic mass is 35.5. The summed E-state index contributed by atoms with van der Waals surface area (Å²) in [7, 11) is 5.54. The van der Waals surface area contributed by atoms with Gasteiger partial charge in [-0.1, -0.05) is 37.6 Å². The minimum Gasteiger partial charge on any atom is -0.500 e. The molecule has 0 radical (unpaired) electrons. The molecular formula is C25H36ClNO3. The fourth-order valence-corrected chi connectivity index (χ4v) is 4.76. The fourth-order valence-electron chi connectivity index (χ4n) is 4.63. The highest BCUT2D eigenvalue weighted by Crippen LogP contribution is 2.51. The van der Waals surface area contributed by atoms with E-state index in [1.807, 2.05) is 18.2 Å². The van der Waals surface area contributed by atoms with Gasteiger partial charge in [-0.05, 0) is 62.5 Å².